The highest BCUT2D eigenvalue weighted by molar-refractivity contribution is 6.08. The van der Waals surface area contributed by atoms with Crippen LogP contribution in [0.25, 0.3) is 32.9 Å². The lowest BCUT2D eigenvalue weighted by atomic mass is 10.0. The molecule has 5 heterocycles. The molecule has 0 spiro atoms. The molecule has 2 aliphatic heterocycles. The van der Waals surface area contributed by atoms with E-state index in [0.717, 1.165) is 44.2 Å². The second-order valence-corrected chi connectivity index (χ2v) is 12.6. The molecular formula is C39H42N6O8. The quantitative estimate of drug-likeness (QED) is 0.0830. The molecule has 3 aromatic heterocycles. The van der Waals surface area contributed by atoms with E-state index in [9.17, 15) is 14.4 Å². The second kappa shape index (κ2) is 17.4. The molecule has 2 aromatic carbocycles. The number of aromatic amines is 1. The number of amides is 3. The minimum absolute atomic E-state index is 0.195. The Kier molecular flexibility index (Phi) is 11.8. The van der Waals surface area contributed by atoms with Gasteiger partial charge in [-0.3, -0.25) is 24.7 Å². The van der Waals surface area contributed by atoms with Crippen molar-refractivity contribution in [2.24, 2.45) is 0 Å². The molecule has 53 heavy (non-hydrogen) atoms. The number of piperidine rings is 1. The molecule has 0 radical (unpaired) electrons. The van der Waals surface area contributed by atoms with Gasteiger partial charge in [-0.15, -0.1) is 0 Å². The van der Waals surface area contributed by atoms with Gasteiger partial charge in [0.15, 0.2) is 0 Å². The zero-order chi connectivity index (χ0) is 36.4. The molecule has 14 nitrogen and oxygen atoms in total. The van der Waals surface area contributed by atoms with E-state index in [1.807, 2.05) is 42.7 Å². The Morgan fingerprint density at radius 1 is 0.774 bits per heavy atom. The molecule has 0 bridgehead atoms. The van der Waals surface area contributed by atoms with Gasteiger partial charge in [0.05, 0.1) is 52.9 Å². The summed E-state index contributed by atoms with van der Waals surface area (Å²) in [4.78, 5) is 50.5. The number of carbonyl (C=O) groups excluding carboxylic acids is 3. The number of pyridine rings is 2. The maximum Gasteiger partial charge on any atom is 0.255 e. The Bertz CT molecular complexity index is 2050. The molecule has 7 rings (SSSR count). The van der Waals surface area contributed by atoms with Crippen molar-refractivity contribution < 1.29 is 38.1 Å². The zero-order valence-electron chi connectivity index (χ0n) is 29.3. The number of fused-ring (bicyclic) bond motifs is 4. The molecule has 14 heteroatoms. The highest BCUT2D eigenvalue weighted by Crippen LogP contribution is 2.32. The third kappa shape index (κ3) is 8.80. The maximum atomic E-state index is 13.0. The number of nitrogens with one attached hydrogen (secondary N) is 3. The van der Waals surface area contributed by atoms with Gasteiger partial charge in [-0.25, -0.2) is 4.98 Å². The highest BCUT2D eigenvalue weighted by atomic mass is 16.6. The third-order valence-corrected chi connectivity index (χ3v) is 9.21. The Balaban J connectivity index is 0.689. The Morgan fingerprint density at radius 3 is 2.28 bits per heavy atom. The molecule has 0 aliphatic carbocycles. The van der Waals surface area contributed by atoms with Crippen LogP contribution in [0.2, 0.25) is 0 Å². The number of rotatable bonds is 19. The molecule has 1 saturated heterocycles. The lowest BCUT2D eigenvalue weighted by Crippen LogP contribution is -2.52. The van der Waals surface area contributed by atoms with Crippen molar-refractivity contribution in [1.29, 1.82) is 0 Å². The lowest BCUT2D eigenvalue weighted by molar-refractivity contribution is -0.136. The van der Waals surface area contributed by atoms with Crippen LogP contribution in [0, 0.1) is 0 Å². The Labute approximate surface area is 306 Å². The highest BCUT2D eigenvalue weighted by Gasteiger charge is 2.39. The van der Waals surface area contributed by atoms with E-state index >= 15 is 0 Å². The van der Waals surface area contributed by atoms with Crippen molar-refractivity contribution in [2.75, 3.05) is 71.3 Å². The van der Waals surface area contributed by atoms with Crippen LogP contribution in [0.5, 0.6) is 5.88 Å². The Hall–Kier alpha value is -5.41. The fourth-order valence-corrected chi connectivity index (χ4v) is 6.54. The predicted molar refractivity (Wildman–Crippen MR) is 197 cm³/mol. The summed E-state index contributed by atoms with van der Waals surface area (Å²) in [5.41, 5.74) is 6.44. The molecule has 1 unspecified atom stereocenters. The van der Waals surface area contributed by atoms with E-state index in [0.29, 0.717) is 90.4 Å². The van der Waals surface area contributed by atoms with Gasteiger partial charge in [0.2, 0.25) is 17.7 Å². The number of ether oxygens (including phenoxy) is 5. The average molecular weight is 723 g/mol. The molecule has 276 valence electrons. The van der Waals surface area contributed by atoms with Gasteiger partial charge in [-0.1, -0.05) is 18.2 Å². The number of imide groups is 1. The van der Waals surface area contributed by atoms with E-state index in [-0.39, 0.29) is 18.2 Å². The van der Waals surface area contributed by atoms with Gasteiger partial charge in [0, 0.05) is 88.4 Å². The smallest absolute Gasteiger partial charge is 0.255 e. The van der Waals surface area contributed by atoms with Gasteiger partial charge in [-0.2, -0.15) is 0 Å². The number of aromatic nitrogens is 3. The molecular weight excluding hydrogens is 680 g/mol. The summed E-state index contributed by atoms with van der Waals surface area (Å²) in [6.07, 6.45) is 6.03. The number of anilines is 1. The van der Waals surface area contributed by atoms with Crippen LogP contribution in [0.15, 0.2) is 73.2 Å². The van der Waals surface area contributed by atoms with Gasteiger partial charge in [0.25, 0.3) is 5.91 Å². The van der Waals surface area contributed by atoms with Crippen LogP contribution in [-0.4, -0.2) is 110 Å². The van der Waals surface area contributed by atoms with Crippen molar-refractivity contribution in [3.05, 3.63) is 84.3 Å². The Morgan fingerprint density at radius 2 is 1.53 bits per heavy atom. The van der Waals surface area contributed by atoms with E-state index in [2.05, 4.69) is 43.8 Å². The third-order valence-electron chi connectivity index (χ3n) is 9.21. The van der Waals surface area contributed by atoms with E-state index in [4.69, 9.17) is 23.7 Å². The van der Waals surface area contributed by atoms with Crippen LogP contribution in [0.4, 0.5) is 5.69 Å². The first-order chi connectivity index (χ1) is 26.0. The fourth-order valence-electron chi connectivity index (χ4n) is 6.54. The van der Waals surface area contributed by atoms with Gasteiger partial charge >= 0.3 is 0 Å². The van der Waals surface area contributed by atoms with E-state index < -0.39 is 11.9 Å². The molecule has 0 saturated carbocycles. The summed E-state index contributed by atoms with van der Waals surface area (Å²) in [6, 6.07) is 17.0. The molecule has 3 amide bonds. The first-order valence-corrected chi connectivity index (χ1v) is 17.8. The molecule has 1 atom stereocenters. The van der Waals surface area contributed by atoms with Crippen LogP contribution in [0.1, 0.15) is 28.8 Å². The summed E-state index contributed by atoms with van der Waals surface area (Å²) < 4.78 is 28.1. The number of hydrogen-bond donors (Lipinski definition) is 3. The van der Waals surface area contributed by atoms with Crippen molar-refractivity contribution in [3.63, 3.8) is 0 Å². The number of H-pyrrole nitrogens is 1. The minimum Gasteiger partial charge on any atom is -0.475 e. The van der Waals surface area contributed by atoms with E-state index in [1.165, 1.54) is 0 Å². The monoisotopic (exact) mass is 722 g/mol. The maximum absolute atomic E-state index is 13.0. The first kappa shape index (κ1) is 36.0. The normalized spacial score (nSPS) is 15.7. The number of hydrogen-bond acceptors (Lipinski definition) is 11. The summed E-state index contributed by atoms with van der Waals surface area (Å²) in [5.74, 6) is -0.373. The average Bonchev–Trinajstić information content (AvgIpc) is 3.72. The minimum atomic E-state index is -0.638. The SMILES string of the molecule is O=C1CCC(N2Cc3c(NCCOCCOCCOCCOCCOc4ccc(-c5ccc6c(c5)[nH]c5ccncc56)cn4)cccc3C2=O)C(=O)N1. The second-order valence-electron chi connectivity index (χ2n) is 12.6. The molecule has 1 fully saturated rings. The number of benzene rings is 2. The summed E-state index contributed by atoms with van der Waals surface area (Å²) >= 11 is 0. The summed E-state index contributed by atoms with van der Waals surface area (Å²) in [5, 5.41) is 7.92. The number of nitrogens with zero attached hydrogens (tertiary/aromatic N) is 3. The molecule has 3 N–H and O–H groups in total. The molecule has 2 aliphatic rings. The topological polar surface area (TPSA) is 166 Å². The summed E-state index contributed by atoms with van der Waals surface area (Å²) in [7, 11) is 0. The van der Waals surface area contributed by atoms with Gasteiger partial charge in [-0.05, 0) is 42.3 Å². The van der Waals surface area contributed by atoms with Gasteiger partial charge < -0.3 is 38.9 Å². The number of carbonyl (C=O) groups is 3. The van der Waals surface area contributed by atoms with Crippen molar-refractivity contribution in [3.8, 4) is 17.0 Å². The van der Waals surface area contributed by atoms with Crippen LogP contribution in [0.3, 0.4) is 0 Å². The van der Waals surface area contributed by atoms with Crippen LogP contribution < -0.4 is 15.4 Å². The fraction of sp³-hybridized carbons (Fsp3) is 0.359. The standard InChI is InChI=1S/C39H42N6O8/c46-36-8-7-35(38(47)44-36)45-25-31-29(39(45)48)2-1-3-32(31)41-12-13-49-14-15-50-16-17-51-18-19-52-20-21-53-37-9-5-27(23-42-37)26-4-6-28-30-24-40-11-10-33(30)43-34(28)22-26/h1-6,9-11,22-24,35,41,43H,7-8,12-21,25H2,(H,44,46,47). The molecule has 5 aromatic rings. The van der Waals surface area contributed by atoms with Crippen LogP contribution in [-0.2, 0) is 35.1 Å². The van der Waals surface area contributed by atoms with Crippen molar-refractivity contribution in [2.45, 2.75) is 25.4 Å². The largest absolute Gasteiger partial charge is 0.475 e. The lowest BCUT2D eigenvalue weighted by Gasteiger charge is -2.29. The first-order valence-electron chi connectivity index (χ1n) is 17.8. The van der Waals surface area contributed by atoms with Gasteiger partial charge in [0.1, 0.15) is 12.6 Å². The van der Waals surface area contributed by atoms with Crippen molar-refractivity contribution in [1.82, 2.24) is 25.2 Å². The van der Waals surface area contributed by atoms with E-state index in [1.54, 1.807) is 17.2 Å². The summed E-state index contributed by atoms with van der Waals surface area (Å²) in [6.45, 7) is 4.82. The predicted octanol–water partition coefficient (Wildman–Crippen LogP) is 4.10. The van der Waals surface area contributed by atoms with Crippen LogP contribution >= 0.6 is 0 Å². The zero-order valence-corrected chi connectivity index (χ0v) is 29.3. The van der Waals surface area contributed by atoms with Crippen molar-refractivity contribution >= 4 is 45.2 Å².